The molecule has 0 spiro atoms. The third-order valence-electron chi connectivity index (χ3n) is 5.61. The van der Waals surface area contributed by atoms with E-state index in [9.17, 15) is 4.79 Å². The molecule has 0 bridgehead atoms. The summed E-state index contributed by atoms with van der Waals surface area (Å²) in [6.07, 6.45) is 4.34. The molecule has 1 amide bonds. The Balaban J connectivity index is 1.44. The van der Waals surface area contributed by atoms with Crippen molar-refractivity contribution in [3.63, 3.8) is 0 Å². The lowest BCUT2D eigenvalue weighted by molar-refractivity contribution is 0.0762. The number of pyridine rings is 1. The van der Waals surface area contributed by atoms with E-state index in [-0.39, 0.29) is 18.1 Å². The molecule has 2 aromatic heterocycles. The van der Waals surface area contributed by atoms with E-state index in [0.717, 1.165) is 43.8 Å². The molecular weight excluding hydrogens is 366 g/mol. The minimum atomic E-state index is -0.136. The van der Waals surface area contributed by atoms with Crippen LogP contribution in [-0.2, 0) is 17.7 Å². The van der Waals surface area contributed by atoms with Crippen LogP contribution in [0.1, 0.15) is 22.8 Å². The number of nitrogens with zero attached hydrogens (tertiary/aromatic N) is 4. The molecule has 7 nitrogen and oxygen atoms in total. The molecule has 1 N–H and O–H groups in total. The van der Waals surface area contributed by atoms with Crippen LogP contribution in [0, 0.1) is 0 Å². The highest BCUT2D eigenvalue weighted by Crippen LogP contribution is 2.16. The molecule has 0 aliphatic carbocycles. The number of amides is 1. The van der Waals surface area contributed by atoms with Gasteiger partial charge in [0.1, 0.15) is 5.52 Å². The zero-order valence-corrected chi connectivity index (χ0v) is 16.9. The second-order valence-corrected chi connectivity index (χ2v) is 7.45. The van der Waals surface area contributed by atoms with Crippen LogP contribution in [0.15, 0.2) is 48.9 Å². The Morgan fingerprint density at radius 2 is 2.07 bits per heavy atom. The molecule has 152 valence electrons. The van der Waals surface area contributed by atoms with Crippen LogP contribution in [0.3, 0.4) is 0 Å². The van der Waals surface area contributed by atoms with Crippen molar-refractivity contribution in [1.29, 1.82) is 0 Å². The first-order chi connectivity index (χ1) is 14.2. The van der Waals surface area contributed by atoms with E-state index in [2.05, 4.69) is 39.2 Å². The summed E-state index contributed by atoms with van der Waals surface area (Å²) in [6.45, 7) is 5.48. The van der Waals surface area contributed by atoms with Crippen molar-refractivity contribution >= 4 is 17.1 Å². The van der Waals surface area contributed by atoms with Gasteiger partial charge in [-0.3, -0.25) is 9.69 Å². The number of nitrogens with one attached hydrogen (secondary N) is 1. The van der Waals surface area contributed by atoms with Gasteiger partial charge in [0.2, 0.25) is 0 Å². The highest BCUT2D eigenvalue weighted by molar-refractivity contribution is 5.96. The lowest BCUT2D eigenvalue weighted by atomic mass is 10.1. The number of aryl methyl sites for hydroxylation is 2. The first-order valence-electron chi connectivity index (χ1n) is 10.1. The Morgan fingerprint density at radius 1 is 1.24 bits per heavy atom. The second-order valence-electron chi connectivity index (χ2n) is 7.45. The number of aromatic nitrogens is 3. The number of likely N-dealkylation sites (N-methyl/N-ethyl adjacent to an activating group) is 1. The molecule has 0 unspecified atom stereocenters. The van der Waals surface area contributed by atoms with Crippen LogP contribution in [0.25, 0.3) is 11.2 Å². The molecule has 3 aromatic rings. The topological polar surface area (TPSA) is 72.3 Å². The summed E-state index contributed by atoms with van der Waals surface area (Å²) in [5, 5.41) is 3.10. The van der Waals surface area contributed by atoms with Crippen molar-refractivity contribution < 1.29 is 9.53 Å². The third-order valence-corrected chi connectivity index (χ3v) is 5.61. The molecule has 1 aliphatic heterocycles. The first kappa shape index (κ1) is 19.5. The monoisotopic (exact) mass is 393 g/mol. The van der Waals surface area contributed by atoms with Crippen molar-refractivity contribution in [2.75, 3.05) is 26.7 Å². The van der Waals surface area contributed by atoms with Crippen LogP contribution >= 0.6 is 0 Å². The highest BCUT2D eigenvalue weighted by Gasteiger charge is 2.33. The van der Waals surface area contributed by atoms with E-state index < -0.39 is 0 Å². The predicted molar refractivity (Wildman–Crippen MR) is 112 cm³/mol. The number of hydrogen-bond acceptors (Lipinski definition) is 5. The first-order valence-corrected chi connectivity index (χ1v) is 10.1. The van der Waals surface area contributed by atoms with Gasteiger partial charge in [-0.2, -0.15) is 0 Å². The van der Waals surface area contributed by atoms with Gasteiger partial charge in [-0.15, -0.1) is 0 Å². The fourth-order valence-corrected chi connectivity index (χ4v) is 3.87. The van der Waals surface area contributed by atoms with Crippen LogP contribution < -0.4 is 5.32 Å². The zero-order valence-electron chi connectivity index (χ0n) is 16.9. The van der Waals surface area contributed by atoms with Gasteiger partial charge in [0, 0.05) is 32.9 Å². The Labute approximate surface area is 170 Å². The average molecular weight is 393 g/mol. The van der Waals surface area contributed by atoms with Crippen LogP contribution in [0.5, 0.6) is 0 Å². The molecular formula is C22H27N5O2. The summed E-state index contributed by atoms with van der Waals surface area (Å²) in [5.74, 6) is -0.136. The van der Waals surface area contributed by atoms with Crippen molar-refractivity contribution in [2.45, 2.75) is 32.0 Å². The summed E-state index contributed by atoms with van der Waals surface area (Å²) in [5.41, 5.74) is 3.33. The standard InChI is InChI=1S/C22H27N5O2/c1-3-26-13-19(20(14-26)29-2)25-22(28)17-11-18-21(23-12-17)27(15-24-18)10-9-16-7-5-4-6-8-16/h4-8,11-12,15,19-20H,3,9-10,13-14H2,1-2H3,(H,25,28)/t19-,20-/m0/s1. The van der Waals surface area contributed by atoms with E-state index >= 15 is 0 Å². The number of ether oxygens (including phenoxy) is 1. The fraction of sp³-hybridized carbons (Fsp3) is 0.409. The zero-order chi connectivity index (χ0) is 20.2. The number of fused-ring (bicyclic) bond motifs is 1. The fourth-order valence-electron chi connectivity index (χ4n) is 3.87. The van der Waals surface area contributed by atoms with Gasteiger partial charge >= 0.3 is 0 Å². The molecule has 2 atom stereocenters. The highest BCUT2D eigenvalue weighted by atomic mass is 16.5. The van der Waals surface area contributed by atoms with Gasteiger partial charge < -0.3 is 14.6 Å². The minimum Gasteiger partial charge on any atom is -0.378 e. The largest absolute Gasteiger partial charge is 0.378 e. The van der Waals surface area contributed by atoms with Crippen LogP contribution in [0.2, 0.25) is 0 Å². The maximum Gasteiger partial charge on any atom is 0.253 e. The number of rotatable bonds is 7. The Hall–Kier alpha value is -2.77. The molecule has 1 aromatic carbocycles. The second kappa shape index (κ2) is 8.71. The number of carbonyl (C=O) groups excluding carboxylic acids is 1. The minimum absolute atomic E-state index is 0.00721. The summed E-state index contributed by atoms with van der Waals surface area (Å²) in [7, 11) is 1.69. The van der Waals surface area contributed by atoms with Gasteiger partial charge in [0.15, 0.2) is 5.65 Å². The number of hydrogen-bond donors (Lipinski definition) is 1. The number of benzene rings is 1. The maximum absolute atomic E-state index is 12.8. The van der Waals surface area contributed by atoms with Gasteiger partial charge in [-0.05, 0) is 24.6 Å². The molecule has 29 heavy (non-hydrogen) atoms. The molecule has 1 fully saturated rings. The Bertz CT molecular complexity index is 972. The van der Waals surface area contributed by atoms with Crippen molar-refractivity contribution in [3.8, 4) is 0 Å². The van der Waals surface area contributed by atoms with E-state index in [4.69, 9.17) is 4.74 Å². The lowest BCUT2D eigenvalue weighted by Gasteiger charge is -2.18. The quantitative estimate of drug-likeness (QED) is 0.666. The summed E-state index contributed by atoms with van der Waals surface area (Å²) in [4.78, 5) is 24.0. The number of imidazole rings is 1. The summed E-state index contributed by atoms with van der Waals surface area (Å²) >= 11 is 0. The third kappa shape index (κ3) is 4.31. The summed E-state index contributed by atoms with van der Waals surface area (Å²) in [6, 6.07) is 12.1. The normalized spacial score (nSPS) is 19.7. The van der Waals surface area contributed by atoms with E-state index in [1.54, 1.807) is 19.6 Å². The number of methoxy groups -OCH3 is 1. The molecule has 7 heteroatoms. The molecule has 3 heterocycles. The molecule has 4 rings (SSSR count). The smallest absolute Gasteiger partial charge is 0.253 e. The van der Waals surface area contributed by atoms with Crippen molar-refractivity contribution in [1.82, 2.24) is 24.8 Å². The number of carbonyl (C=O) groups is 1. The Kier molecular flexibility index (Phi) is 5.87. The molecule has 1 aliphatic rings. The SMILES string of the molecule is CCN1C[C@H](NC(=O)c2cnc3c(c2)ncn3CCc2ccccc2)[C@@H](OC)C1. The van der Waals surface area contributed by atoms with E-state index in [0.29, 0.717) is 5.56 Å². The van der Waals surface area contributed by atoms with Crippen molar-refractivity contribution in [3.05, 3.63) is 60.0 Å². The van der Waals surface area contributed by atoms with Gasteiger partial charge in [-0.25, -0.2) is 9.97 Å². The van der Waals surface area contributed by atoms with Gasteiger partial charge in [0.25, 0.3) is 5.91 Å². The van der Waals surface area contributed by atoms with Crippen LogP contribution in [0.4, 0.5) is 0 Å². The predicted octanol–water partition coefficient (Wildman–Crippen LogP) is 2.12. The average Bonchev–Trinajstić information content (AvgIpc) is 3.35. The Morgan fingerprint density at radius 3 is 2.83 bits per heavy atom. The van der Waals surface area contributed by atoms with E-state index in [1.165, 1.54) is 5.56 Å². The van der Waals surface area contributed by atoms with Gasteiger partial charge in [-0.1, -0.05) is 37.3 Å². The lowest BCUT2D eigenvalue weighted by Crippen LogP contribution is -2.43. The van der Waals surface area contributed by atoms with E-state index in [1.807, 2.05) is 28.8 Å². The maximum atomic E-state index is 12.8. The van der Waals surface area contributed by atoms with Crippen LogP contribution in [-0.4, -0.2) is 64.2 Å². The molecule has 0 saturated carbocycles. The van der Waals surface area contributed by atoms with Crippen molar-refractivity contribution in [2.24, 2.45) is 0 Å². The molecule has 0 radical (unpaired) electrons. The number of likely N-dealkylation sites (tertiary alicyclic amines) is 1. The summed E-state index contributed by atoms with van der Waals surface area (Å²) < 4.78 is 7.57. The van der Waals surface area contributed by atoms with Gasteiger partial charge in [0.05, 0.1) is 24.0 Å². The molecule has 1 saturated heterocycles.